The minimum Gasteiger partial charge on any atom is -0.497 e. The van der Waals surface area contributed by atoms with Gasteiger partial charge in [-0.25, -0.2) is 0 Å². The first kappa shape index (κ1) is 13.4. The predicted molar refractivity (Wildman–Crippen MR) is 68.6 cm³/mol. The van der Waals surface area contributed by atoms with Crippen LogP contribution in [0.15, 0.2) is 18.2 Å². The van der Waals surface area contributed by atoms with E-state index in [1.807, 2.05) is 6.07 Å². The summed E-state index contributed by atoms with van der Waals surface area (Å²) in [5.41, 5.74) is 5.88. The standard InChI is InChI=1S/C12H11N5O3/c1-18-8-3-7(6-13)4-9(5-8)20-12-16-10(14)15-11(17-12)19-2/h3-5H,1-2H3,(H2,14,15,16,17). The molecule has 0 spiro atoms. The molecule has 102 valence electrons. The number of nitriles is 1. The number of nitrogens with two attached hydrogens (primary N) is 1. The smallest absolute Gasteiger partial charge is 0.330 e. The molecule has 0 radical (unpaired) electrons. The monoisotopic (exact) mass is 273 g/mol. The first-order valence-corrected chi connectivity index (χ1v) is 5.47. The van der Waals surface area contributed by atoms with Crippen molar-refractivity contribution in [2.75, 3.05) is 20.0 Å². The van der Waals surface area contributed by atoms with Crippen LogP contribution in [0.3, 0.4) is 0 Å². The van der Waals surface area contributed by atoms with Crippen molar-refractivity contribution in [1.29, 1.82) is 5.26 Å². The molecule has 0 aliphatic heterocycles. The van der Waals surface area contributed by atoms with Gasteiger partial charge in [-0.15, -0.1) is 4.98 Å². The van der Waals surface area contributed by atoms with Gasteiger partial charge in [0.2, 0.25) is 5.95 Å². The molecular formula is C12H11N5O3. The van der Waals surface area contributed by atoms with Gasteiger partial charge in [0.1, 0.15) is 11.5 Å². The van der Waals surface area contributed by atoms with Crippen molar-refractivity contribution in [1.82, 2.24) is 15.0 Å². The first-order chi connectivity index (χ1) is 9.64. The largest absolute Gasteiger partial charge is 0.497 e. The van der Waals surface area contributed by atoms with Gasteiger partial charge in [-0.1, -0.05) is 0 Å². The Balaban J connectivity index is 2.34. The lowest BCUT2D eigenvalue weighted by molar-refractivity contribution is 0.359. The fraction of sp³-hybridized carbons (Fsp3) is 0.167. The normalized spacial score (nSPS) is 9.65. The van der Waals surface area contributed by atoms with Gasteiger partial charge in [0, 0.05) is 6.07 Å². The third-order valence-corrected chi connectivity index (χ3v) is 2.25. The highest BCUT2D eigenvalue weighted by Gasteiger charge is 2.09. The average molecular weight is 273 g/mol. The summed E-state index contributed by atoms with van der Waals surface area (Å²) in [6, 6.07) is 6.69. The van der Waals surface area contributed by atoms with Gasteiger partial charge in [-0.05, 0) is 12.1 Å². The van der Waals surface area contributed by atoms with Crippen LogP contribution in [0.4, 0.5) is 5.95 Å². The van der Waals surface area contributed by atoms with Crippen LogP contribution in [-0.2, 0) is 0 Å². The van der Waals surface area contributed by atoms with Gasteiger partial charge >= 0.3 is 12.0 Å². The zero-order valence-corrected chi connectivity index (χ0v) is 10.8. The third kappa shape index (κ3) is 3.02. The molecule has 8 nitrogen and oxygen atoms in total. The quantitative estimate of drug-likeness (QED) is 0.881. The SMILES string of the molecule is COc1cc(C#N)cc(Oc2nc(N)nc(OC)n2)c1. The average Bonchev–Trinajstić information content (AvgIpc) is 2.46. The van der Waals surface area contributed by atoms with Gasteiger partial charge in [0.05, 0.1) is 25.9 Å². The summed E-state index contributed by atoms with van der Waals surface area (Å²) >= 11 is 0. The number of hydrogen-bond acceptors (Lipinski definition) is 8. The van der Waals surface area contributed by atoms with Crippen LogP contribution < -0.4 is 19.9 Å². The van der Waals surface area contributed by atoms with Crippen LogP contribution in [0, 0.1) is 11.3 Å². The second kappa shape index (κ2) is 5.71. The number of nitrogen functional groups attached to an aromatic ring is 1. The van der Waals surface area contributed by atoms with Crippen LogP contribution in [0.1, 0.15) is 5.56 Å². The molecule has 1 heterocycles. The lowest BCUT2D eigenvalue weighted by Crippen LogP contribution is -2.03. The van der Waals surface area contributed by atoms with Crippen LogP contribution in [0.2, 0.25) is 0 Å². The molecule has 2 rings (SSSR count). The Morgan fingerprint density at radius 1 is 1.00 bits per heavy atom. The van der Waals surface area contributed by atoms with Gasteiger partial charge in [0.25, 0.3) is 0 Å². The second-order valence-electron chi connectivity index (χ2n) is 3.57. The Morgan fingerprint density at radius 2 is 1.70 bits per heavy atom. The van der Waals surface area contributed by atoms with Crippen molar-refractivity contribution in [3.63, 3.8) is 0 Å². The number of anilines is 1. The molecule has 0 aliphatic rings. The molecule has 0 saturated carbocycles. The van der Waals surface area contributed by atoms with Crippen molar-refractivity contribution in [3.05, 3.63) is 23.8 Å². The molecule has 20 heavy (non-hydrogen) atoms. The molecule has 0 saturated heterocycles. The summed E-state index contributed by atoms with van der Waals surface area (Å²) in [7, 11) is 2.89. The molecular weight excluding hydrogens is 262 g/mol. The molecule has 1 aromatic heterocycles. The van der Waals surface area contributed by atoms with Crippen molar-refractivity contribution in [2.45, 2.75) is 0 Å². The number of nitrogens with zero attached hydrogens (tertiary/aromatic N) is 4. The Morgan fingerprint density at radius 3 is 2.35 bits per heavy atom. The lowest BCUT2D eigenvalue weighted by atomic mass is 10.2. The fourth-order valence-electron chi connectivity index (χ4n) is 1.41. The maximum absolute atomic E-state index is 8.93. The highest BCUT2D eigenvalue weighted by atomic mass is 16.5. The summed E-state index contributed by atoms with van der Waals surface area (Å²) < 4.78 is 15.4. The third-order valence-electron chi connectivity index (χ3n) is 2.25. The molecule has 0 aliphatic carbocycles. The van der Waals surface area contributed by atoms with Crippen LogP contribution in [-0.4, -0.2) is 29.2 Å². The van der Waals surface area contributed by atoms with Gasteiger partial charge < -0.3 is 19.9 Å². The highest BCUT2D eigenvalue weighted by molar-refractivity contribution is 5.44. The van der Waals surface area contributed by atoms with Gasteiger partial charge in [-0.3, -0.25) is 0 Å². The summed E-state index contributed by atoms with van der Waals surface area (Å²) in [6.07, 6.45) is 0. The minimum absolute atomic E-state index is 0.0322. The number of hydrogen-bond donors (Lipinski definition) is 1. The molecule has 0 fully saturated rings. The van der Waals surface area contributed by atoms with Crippen molar-refractivity contribution >= 4 is 5.95 Å². The van der Waals surface area contributed by atoms with E-state index in [1.165, 1.54) is 20.3 Å². The Kier molecular flexibility index (Phi) is 3.81. The second-order valence-corrected chi connectivity index (χ2v) is 3.57. The van der Waals surface area contributed by atoms with E-state index >= 15 is 0 Å². The number of methoxy groups -OCH3 is 2. The molecule has 2 N–H and O–H groups in total. The van der Waals surface area contributed by atoms with E-state index in [9.17, 15) is 0 Å². The van der Waals surface area contributed by atoms with Crippen molar-refractivity contribution < 1.29 is 14.2 Å². The van der Waals surface area contributed by atoms with Crippen LogP contribution in [0.5, 0.6) is 23.5 Å². The Hall–Kier alpha value is -3.08. The van der Waals surface area contributed by atoms with Gasteiger partial charge in [0.15, 0.2) is 0 Å². The maximum Gasteiger partial charge on any atom is 0.330 e. The summed E-state index contributed by atoms with van der Waals surface area (Å²) in [5, 5.41) is 8.93. The maximum atomic E-state index is 8.93. The molecule has 8 heteroatoms. The molecule has 0 bridgehead atoms. The summed E-state index contributed by atoms with van der Waals surface area (Å²) in [5.74, 6) is 0.789. The molecule has 0 amide bonds. The van der Waals surface area contributed by atoms with Gasteiger partial charge in [-0.2, -0.15) is 15.2 Å². The van der Waals surface area contributed by atoms with E-state index in [4.69, 9.17) is 25.2 Å². The van der Waals surface area contributed by atoms with E-state index in [-0.39, 0.29) is 18.0 Å². The zero-order chi connectivity index (χ0) is 14.5. The van der Waals surface area contributed by atoms with E-state index in [0.29, 0.717) is 17.1 Å². The van der Waals surface area contributed by atoms with Crippen LogP contribution >= 0.6 is 0 Å². The Labute approximate surface area is 114 Å². The lowest BCUT2D eigenvalue weighted by Gasteiger charge is -2.07. The van der Waals surface area contributed by atoms with Crippen molar-refractivity contribution in [3.8, 4) is 29.6 Å². The Bertz CT molecular complexity index is 669. The number of benzene rings is 1. The molecule has 1 aromatic carbocycles. The van der Waals surface area contributed by atoms with Crippen LogP contribution in [0.25, 0.3) is 0 Å². The number of rotatable bonds is 4. The number of aromatic nitrogens is 3. The zero-order valence-electron chi connectivity index (χ0n) is 10.8. The first-order valence-electron chi connectivity index (χ1n) is 5.47. The van der Waals surface area contributed by atoms with E-state index in [1.54, 1.807) is 12.1 Å². The molecule has 0 unspecified atom stereocenters. The fourth-order valence-corrected chi connectivity index (χ4v) is 1.41. The van der Waals surface area contributed by atoms with Crippen molar-refractivity contribution in [2.24, 2.45) is 0 Å². The highest BCUT2D eigenvalue weighted by Crippen LogP contribution is 2.26. The van der Waals surface area contributed by atoms with E-state index in [2.05, 4.69) is 15.0 Å². The predicted octanol–water partition coefficient (Wildman–Crippen LogP) is 1.13. The topological polar surface area (TPSA) is 116 Å². The van der Waals surface area contributed by atoms with E-state index < -0.39 is 0 Å². The summed E-state index contributed by atoms with van der Waals surface area (Å²) in [6.45, 7) is 0. The summed E-state index contributed by atoms with van der Waals surface area (Å²) in [4.78, 5) is 11.4. The molecule has 0 atom stereocenters. The molecule has 2 aromatic rings. The van der Waals surface area contributed by atoms with E-state index in [0.717, 1.165) is 0 Å². The minimum atomic E-state index is -0.0357. The number of ether oxygens (including phenoxy) is 3.